The zero-order valence-electron chi connectivity index (χ0n) is 21.4. The van der Waals surface area contributed by atoms with Crippen molar-refractivity contribution in [1.29, 1.82) is 0 Å². The maximum absolute atomic E-state index is 12.7. The molecule has 5 rings (SSSR count). The summed E-state index contributed by atoms with van der Waals surface area (Å²) in [5.41, 5.74) is 3.45. The Hall–Kier alpha value is -3.72. The van der Waals surface area contributed by atoms with Crippen LogP contribution in [0.5, 0.6) is 17.2 Å². The molecule has 202 valence electrons. The summed E-state index contributed by atoms with van der Waals surface area (Å²) in [4.78, 5) is 17.7. The first-order chi connectivity index (χ1) is 19.5. The maximum atomic E-state index is 12.7. The quantitative estimate of drug-likeness (QED) is 0.188. The molecule has 0 aliphatic carbocycles. The highest BCUT2D eigenvalue weighted by Crippen LogP contribution is 2.34. The number of hydrogen-bond acceptors (Lipinski definition) is 6. The van der Waals surface area contributed by atoms with Crippen LogP contribution >= 0.6 is 39.3 Å². The standard InChI is InChI=1S/C31H24BrClN2O4S/c1-37-28-15-21(7-13-27(28)39-18-20-5-3-2-4-6-20)19-38-26-14-8-23(32)16-22(26)17-29-30(36)35-31(40-29)34-25-11-9-24(33)10-12-25/h2-17H,18-19H2,1H3,(H,34,35,36)/b29-17+. The van der Waals surface area contributed by atoms with E-state index >= 15 is 0 Å². The average Bonchev–Trinajstić information content (AvgIpc) is 3.31. The van der Waals surface area contributed by atoms with Gasteiger partial charge in [-0.1, -0.05) is 63.9 Å². The summed E-state index contributed by atoms with van der Waals surface area (Å²) in [5, 5.41) is 3.94. The molecule has 1 aliphatic rings. The SMILES string of the molecule is COc1cc(COc2ccc(Br)cc2/C=C2/SC(=Nc3ccc(Cl)cc3)NC2=O)ccc1OCc1ccccc1. The minimum Gasteiger partial charge on any atom is -0.493 e. The van der Waals surface area contributed by atoms with E-state index in [1.54, 1.807) is 37.5 Å². The first kappa shape index (κ1) is 27.8. The van der Waals surface area contributed by atoms with Crippen molar-refractivity contribution in [2.45, 2.75) is 13.2 Å². The predicted molar refractivity (Wildman–Crippen MR) is 164 cm³/mol. The third kappa shape index (κ3) is 7.27. The van der Waals surface area contributed by atoms with E-state index < -0.39 is 0 Å². The molecule has 1 N–H and O–H groups in total. The summed E-state index contributed by atoms with van der Waals surface area (Å²) in [6.45, 7) is 0.747. The summed E-state index contributed by atoms with van der Waals surface area (Å²) >= 11 is 10.7. The Morgan fingerprint density at radius 2 is 1.60 bits per heavy atom. The molecule has 1 heterocycles. The molecule has 0 spiro atoms. The topological polar surface area (TPSA) is 69.2 Å². The minimum absolute atomic E-state index is 0.223. The fraction of sp³-hybridized carbons (Fsp3) is 0.0968. The largest absolute Gasteiger partial charge is 0.493 e. The van der Waals surface area contributed by atoms with Gasteiger partial charge < -0.3 is 19.5 Å². The van der Waals surface area contributed by atoms with E-state index in [-0.39, 0.29) is 5.91 Å². The Labute approximate surface area is 250 Å². The van der Waals surface area contributed by atoms with Crippen LogP contribution in [0.2, 0.25) is 5.02 Å². The first-order valence-corrected chi connectivity index (χ1v) is 14.3. The van der Waals surface area contributed by atoms with Crippen LogP contribution in [0.3, 0.4) is 0 Å². The van der Waals surface area contributed by atoms with Gasteiger partial charge in [-0.3, -0.25) is 4.79 Å². The highest BCUT2D eigenvalue weighted by molar-refractivity contribution is 9.10. The van der Waals surface area contributed by atoms with Crippen LogP contribution in [0.1, 0.15) is 16.7 Å². The molecule has 0 aromatic heterocycles. The second kappa shape index (κ2) is 13.1. The van der Waals surface area contributed by atoms with Crippen LogP contribution in [-0.4, -0.2) is 18.2 Å². The molecule has 40 heavy (non-hydrogen) atoms. The van der Waals surface area contributed by atoms with E-state index in [2.05, 4.69) is 26.2 Å². The highest BCUT2D eigenvalue weighted by atomic mass is 79.9. The van der Waals surface area contributed by atoms with Gasteiger partial charge in [0.2, 0.25) is 0 Å². The molecular formula is C31H24BrClN2O4S. The summed E-state index contributed by atoms with van der Waals surface area (Å²) in [6.07, 6.45) is 1.80. The third-order valence-electron chi connectivity index (χ3n) is 5.83. The van der Waals surface area contributed by atoms with E-state index in [4.69, 9.17) is 25.8 Å². The number of carbonyl (C=O) groups is 1. The second-order valence-electron chi connectivity index (χ2n) is 8.69. The lowest BCUT2D eigenvalue weighted by molar-refractivity contribution is -0.115. The van der Waals surface area contributed by atoms with Crippen LogP contribution < -0.4 is 19.5 Å². The summed E-state index contributed by atoms with van der Waals surface area (Å²) in [5.74, 6) is 1.70. The van der Waals surface area contributed by atoms with Gasteiger partial charge in [0.25, 0.3) is 5.91 Å². The van der Waals surface area contributed by atoms with Gasteiger partial charge in [-0.15, -0.1) is 0 Å². The Morgan fingerprint density at radius 1 is 0.875 bits per heavy atom. The molecule has 6 nitrogen and oxygen atoms in total. The molecule has 1 fully saturated rings. The van der Waals surface area contributed by atoms with Crippen molar-refractivity contribution in [2.24, 2.45) is 4.99 Å². The fourth-order valence-electron chi connectivity index (χ4n) is 3.84. The number of rotatable bonds is 9. The molecule has 1 amide bonds. The van der Waals surface area contributed by atoms with Crippen molar-refractivity contribution in [1.82, 2.24) is 5.32 Å². The Kier molecular flexibility index (Phi) is 9.11. The van der Waals surface area contributed by atoms with Crippen molar-refractivity contribution in [3.8, 4) is 17.2 Å². The highest BCUT2D eigenvalue weighted by Gasteiger charge is 2.24. The number of amidine groups is 1. The van der Waals surface area contributed by atoms with Gasteiger partial charge in [-0.05, 0) is 83.6 Å². The predicted octanol–water partition coefficient (Wildman–Crippen LogP) is 8.16. The van der Waals surface area contributed by atoms with Crippen LogP contribution in [-0.2, 0) is 18.0 Å². The lowest BCUT2D eigenvalue weighted by Crippen LogP contribution is -2.19. The van der Waals surface area contributed by atoms with Crippen molar-refractivity contribution < 1.29 is 19.0 Å². The number of hydrogen-bond donors (Lipinski definition) is 1. The van der Waals surface area contributed by atoms with E-state index in [0.717, 1.165) is 21.2 Å². The molecule has 0 atom stereocenters. The van der Waals surface area contributed by atoms with Gasteiger partial charge in [0, 0.05) is 15.1 Å². The number of methoxy groups -OCH3 is 1. The minimum atomic E-state index is -0.223. The van der Waals surface area contributed by atoms with E-state index in [9.17, 15) is 4.79 Å². The molecule has 4 aromatic carbocycles. The molecule has 1 saturated heterocycles. The van der Waals surface area contributed by atoms with Crippen LogP contribution in [0.4, 0.5) is 5.69 Å². The van der Waals surface area contributed by atoms with Crippen molar-refractivity contribution >= 4 is 62.1 Å². The monoisotopic (exact) mass is 634 g/mol. The van der Waals surface area contributed by atoms with Gasteiger partial charge in [0.15, 0.2) is 16.7 Å². The average molecular weight is 636 g/mol. The Bertz CT molecular complexity index is 1580. The molecule has 1 aliphatic heterocycles. The third-order valence-corrected chi connectivity index (χ3v) is 7.48. The first-order valence-electron chi connectivity index (χ1n) is 12.3. The number of nitrogens with one attached hydrogen (secondary N) is 1. The molecule has 0 unspecified atom stereocenters. The summed E-state index contributed by atoms with van der Waals surface area (Å²) < 4.78 is 18.6. The number of ether oxygens (including phenoxy) is 3. The van der Waals surface area contributed by atoms with Gasteiger partial charge >= 0.3 is 0 Å². The van der Waals surface area contributed by atoms with Gasteiger partial charge in [0.05, 0.1) is 17.7 Å². The zero-order valence-corrected chi connectivity index (χ0v) is 24.6. The number of thioether (sulfide) groups is 1. The zero-order chi connectivity index (χ0) is 27.9. The number of halogens is 2. The van der Waals surface area contributed by atoms with Gasteiger partial charge in [0.1, 0.15) is 19.0 Å². The van der Waals surface area contributed by atoms with E-state index in [0.29, 0.717) is 51.2 Å². The molecule has 0 saturated carbocycles. The van der Waals surface area contributed by atoms with Gasteiger partial charge in [-0.25, -0.2) is 4.99 Å². The maximum Gasteiger partial charge on any atom is 0.264 e. The second-order valence-corrected chi connectivity index (χ2v) is 11.1. The Morgan fingerprint density at radius 3 is 2.38 bits per heavy atom. The number of carbonyl (C=O) groups excluding carboxylic acids is 1. The van der Waals surface area contributed by atoms with E-state index in [1.165, 1.54) is 11.8 Å². The van der Waals surface area contributed by atoms with Crippen molar-refractivity contribution in [3.63, 3.8) is 0 Å². The number of aliphatic imine (C=N–C) groups is 1. The van der Waals surface area contributed by atoms with Crippen molar-refractivity contribution in [2.75, 3.05) is 7.11 Å². The van der Waals surface area contributed by atoms with Gasteiger partial charge in [-0.2, -0.15) is 0 Å². The molecular weight excluding hydrogens is 612 g/mol. The fourth-order valence-corrected chi connectivity index (χ4v) is 5.17. The number of benzene rings is 4. The normalized spacial score (nSPS) is 14.8. The smallest absolute Gasteiger partial charge is 0.264 e. The lowest BCUT2D eigenvalue weighted by Gasteiger charge is -2.14. The van der Waals surface area contributed by atoms with Crippen LogP contribution in [0, 0.1) is 0 Å². The van der Waals surface area contributed by atoms with E-state index in [1.807, 2.05) is 66.7 Å². The summed E-state index contributed by atoms with van der Waals surface area (Å²) in [7, 11) is 1.61. The molecule has 0 radical (unpaired) electrons. The van der Waals surface area contributed by atoms with Crippen LogP contribution in [0.25, 0.3) is 6.08 Å². The number of amides is 1. The Balaban J connectivity index is 1.29. The molecule has 4 aromatic rings. The lowest BCUT2D eigenvalue weighted by atomic mass is 10.1. The van der Waals surface area contributed by atoms with Crippen LogP contribution in [0.15, 0.2) is 105 Å². The number of nitrogens with zero attached hydrogens (tertiary/aromatic N) is 1. The summed E-state index contributed by atoms with van der Waals surface area (Å²) in [6, 6.07) is 28.5. The molecule has 0 bridgehead atoms. The molecule has 9 heteroatoms. The van der Waals surface area contributed by atoms with Crippen molar-refractivity contribution in [3.05, 3.63) is 122 Å².